The van der Waals surface area contributed by atoms with Crippen LogP contribution in [-0.4, -0.2) is 72.3 Å². The van der Waals surface area contributed by atoms with Gasteiger partial charge in [-0.25, -0.2) is 4.79 Å². The zero-order chi connectivity index (χ0) is 19.2. The fourth-order valence-corrected chi connectivity index (χ4v) is 2.69. The van der Waals surface area contributed by atoms with E-state index in [1.807, 2.05) is 0 Å². The molecule has 0 aliphatic carbocycles. The van der Waals surface area contributed by atoms with Crippen molar-refractivity contribution in [3.8, 4) is 0 Å². The molecule has 0 aromatic carbocycles. The minimum atomic E-state index is -0.897. The number of carbonyl (C=O) groups excluding carboxylic acids is 3. The van der Waals surface area contributed by atoms with Crippen molar-refractivity contribution in [3.05, 3.63) is 0 Å². The van der Waals surface area contributed by atoms with Gasteiger partial charge in [0.1, 0.15) is 12.6 Å². The van der Waals surface area contributed by atoms with Gasteiger partial charge < -0.3 is 30.9 Å². The van der Waals surface area contributed by atoms with E-state index in [0.717, 1.165) is 0 Å². The number of nitrogens with two attached hydrogens (primary N) is 2. The lowest BCUT2D eigenvalue weighted by atomic mass is 9.81. The van der Waals surface area contributed by atoms with Gasteiger partial charge in [0.05, 0.1) is 18.8 Å². The molecule has 144 valence electrons. The van der Waals surface area contributed by atoms with Crippen LogP contribution in [0.3, 0.4) is 0 Å². The quantitative estimate of drug-likeness (QED) is 0.345. The Morgan fingerprint density at radius 2 is 2.00 bits per heavy atom. The summed E-state index contributed by atoms with van der Waals surface area (Å²) in [6.45, 7) is 5.71. The minimum Gasteiger partial charge on any atom is -0.464 e. The second-order valence-corrected chi connectivity index (χ2v) is 6.87. The number of rotatable bonds is 9. The standard InChI is InChI=1S/C16H29N3O6/c1-4-25-12(21)9-24-6-5-16(2,3)13(17)15(23)19-8-10(20)7-11(19)14(18)22/h10-11,13,20H,4-9,17H2,1-3H3,(H2,18,22)/t10-,11+,13-/m1/s1. The van der Waals surface area contributed by atoms with Crippen LogP contribution in [0.1, 0.15) is 33.6 Å². The zero-order valence-corrected chi connectivity index (χ0v) is 15.1. The summed E-state index contributed by atoms with van der Waals surface area (Å²) in [4.78, 5) is 36.6. The predicted octanol–water partition coefficient (Wildman–Crippen LogP) is -1.24. The van der Waals surface area contributed by atoms with Crippen molar-refractivity contribution in [2.75, 3.05) is 26.4 Å². The largest absolute Gasteiger partial charge is 0.464 e. The molecule has 1 saturated heterocycles. The number of aliphatic hydroxyl groups excluding tert-OH is 1. The van der Waals surface area contributed by atoms with Gasteiger partial charge in [-0.15, -0.1) is 0 Å². The Morgan fingerprint density at radius 1 is 1.36 bits per heavy atom. The fraction of sp³-hybridized carbons (Fsp3) is 0.812. The number of aliphatic hydroxyl groups is 1. The number of carbonyl (C=O) groups is 3. The van der Waals surface area contributed by atoms with Crippen LogP contribution in [0.4, 0.5) is 0 Å². The van der Waals surface area contributed by atoms with Crippen LogP contribution >= 0.6 is 0 Å². The summed E-state index contributed by atoms with van der Waals surface area (Å²) in [5.74, 6) is -1.54. The highest BCUT2D eigenvalue weighted by Crippen LogP contribution is 2.28. The van der Waals surface area contributed by atoms with E-state index in [2.05, 4.69) is 0 Å². The van der Waals surface area contributed by atoms with Gasteiger partial charge in [0.15, 0.2) is 0 Å². The van der Waals surface area contributed by atoms with E-state index in [0.29, 0.717) is 6.42 Å². The number of ether oxygens (including phenoxy) is 2. The Morgan fingerprint density at radius 3 is 2.56 bits per heavy atom. The number of nitrogens with zero attached hydrogens (tertiary/aromatic N) is 1. The van der Waals surface area contributed by atoms with Gasteiger partial charge in [0.25, 0.3) is 0 Å². The molecular formula is C16H29N3O6. The molecule has 0 spiro atoms. The molecule has 1 aliphatic rings. The molecule has 9 nitrogen and oxygen atoms in total. The van der Waals surface area contributed by atoms with Gasteiger partial charge in [-0.3, -0.25) is 9.59 Å². The Balaban J connectivity index is 2.57. The smallest absolute Gasteiger partial charge is 0.332 e. The molecule has 1 aliphatic heterocycles. The lowest BCUT2D eigenvalue weighted by Gasteiger charge is -2.34. The molecule has 0 saturated carbocycles. The molecule has 2 amide bonds. The number of esters is 1. The number of hydrogen-bond donors (Lipinski definition) is 3. The van der Waals surface area contributed by atoms with Crippen LogP contribution in [0.25, 0.3) is 0 Å². The summed E-state index contributed by atoms with van der Waals surface area (Å²) in [6, 6.07) is -1.74. The van der Waals surface area contributed by atoms with Gasteiger partial charge in [-0.05, 0) is 18.8 Å². The highest BCUT2D eigenvalue weighted by Gasteiger charge is 2.43. The lowest BCUT2D eigenvalue weighted by Crippen LogP contribution is -2.55. The van der Waals surface area contributed by atoms with E-state index in [4.69, 9.17) is 20.9 Å². The van der Waals surface area contributed by atoms with E-state index in [9.17, 15) is 19.5 Å². The van der Waals surface area contributed by atoms with Crippen molar-refractivity contribution in [3.63, 3.8) is 0 Å². The molecule has 1 rings (SSSR count). The van der Waals surface area contributed by atoms with Gasteiger partial charge in [0.2, 0.25) is 11.8 Å². The monoisotopic (exact) mass is 359 g/mol. The number of primary amides is 1. The second-order valence-electron chi connectivity index (χ2n) is 6.87. The topological polar surface area (TPSA) is 145 Å². The van der Waals surface area contributed by atoms with Crippen molar-refractivity contribution in [2.24, 2.45) is 16.9 Å². The fourth-order valence-electron chi connectivity index (χ4n) is 2.69. The molecule has 25 heavy (non-hydrogen) atoms. The number of β-amino-alcohol motifs (C(OH)–C–C–N with tert-alkyl or cyclic N) is 1. The molecule has 0 aromatic rings. The Labute approximate surface area is 147 Å². The second kappa shape index (κ2) is 9.12. The molecule has 0 unspecified atom stereocenters. The molecule has 0 radical (unpaired) electrons. The maximum absolute atomic E-state index is 12.6. The van der Waals surface area contributed by atoms with Crippen LogP contribution in [0.2, 0.25) is 0 Å². The number of likely N-dealkylation sites (tertiary alicyclic amines) is 1. The molecule has 0 bridgehead atoms. The third-order valence-electron chi connectivity index (χ3n) is 4.41. The number of amides is 2. The summed E-state index contributed by atoms with van der Waals surface area (Å²) in [5, 5.41) is 9.72. The van der Waals surface area contributed by atoms with Crippen LogP contribution < -0.4 is 11.5 Å². The van der Waals surface area contributed by atoms with Gasteiger partial charge >= 0.3 is 5.97 Å². The first-order valence-electron chi connectivity index (χ1n) is 8.37. The van der Waals surface area contributed by atoms with E-state index in [-0.39, 0.29) is 32.8 Å². The predicted molar refractivity (Wildman–Crippen MR) is 89.1 cm³/mol. The average molecular weight is 359 g/mol. The first-order chi connectivity index (χ1) is 11.6. The molecule has 1 heterocycles. The molecule has 3 atom stereocenters. The first-order valence-corrected chi connectivity index (χ1v) is 8.37. The van der Waals surface area contributed by atoms with E-state index in [1.165, 1.54) is 4.90 Å². The minimum absolute atomic E-state index is 0.0373. The maximum Gasteiger partial charge on any atom is 0.332 e. The zero-order valence-electron chi connectivity index (χ0n) is 15.1. The molecule has 1 fully saturated rings. The van der Waals surface area contributed by atoms with Crippen LogP contribution in [0.15, 0.2) is 0 Å². The van der Waals surface area contributed by atoms with Gasteiger partial charge in [-0.2, -0.15) is 0 Å². The van der Waals surface area contributed by atoms with E-state index in [1.54, 1.807) is 20.8 Å². The van der Waals surface area contributed by atoms with Crippen LogP contribution in [0, 0.1) is 5.41 Å². The lowest BCUT2D eigenvalue weighted by molar-refractivity contribution is -0.149. The number of hydrogen-bond acceptors (Lipinski definition) is 7. The van der Waals surface area contributed by atoms with Crippen LogP contribution in [0.5, 0.6) is 0 Å². The summed E-state index contributed by atoms with van der Waals surface area (Å²) in [5.41, 5.74) is 10.8. The maximum atomic E-state index is 12.6. The van der Waals surface area contributed by atoms with E-state index >= 15 is 0 Å². The average Bonchev–Trinajstić information content (AvgIpc) is 2.92. The Bertz CT molecular complexity index is 496. The van der Waals surface area contributed by atoms with E-state index < -0.39 is 41.4 Å². The van der Waals surface area contributed by atoms with Gasteiger partial charge in [0, 0.05) is 19.6 Å². The SMILES string of the molecule is CCOC(=O)COCCC(C)(C)[C@H](N)C(=O)N1C[C@H](O)C[C@H]1C(N)=O. The summed E-state index contributed by atoms with van der Waals surface area (Å²) in [6.07, 6.45) is -0.238. The Kier molecular flexibility index (Phi) is 7.78. The van der Waals surface area contributed by atoms with Crippen molar-refractivity contribution >= 4 is 17.8 Å². The molecule has 9 heteroatoms. The van der Waals surface area contributed by atoms with Crippen LogP contribution in [-0.2, 0) is 23.9 Å². The Hall–Kier alpha value is -1.71. The van der Waals surface area contributed by atoms with Gasteiger partial charge in [-0.1, -0.05) is 13.8 Å². The molecule has 5 N–H and O–H groups in total. The third kappa shape index (κ3) is 5.94. The van der Waals surface area contributed by atoms with Crippen molar-refractivity contribution in [2.45, 2.75) is 51.8 Å². The summed E-state index contributed by atoms with van der Waals surface area (Å²) >= 11 is 0. The summed E-state index contributed by atoms with van der Waals surface area (Å²) in [7, 11) is 0. The normalized spacial score (nSPS) is 21.9. The highest BCUT2D eigenvalue weighted by molar-refractivity contribution is 5.90. The van der Waals surface area contributed by atoms with Crippen molar-refractivity contribution < 1.29 is 29.0 Å². The third-order valence-corrected chi connectivity index (χ3v) is 4.41. The first kappa shape index (κ1) is 21.3. The van der Waals surface area contributed by atoms with Crippen molar-refractivity contribution in [1.82, 2.24) is 4.90 Å². The molecule has 0 aromatic heterocycles. The molecular weight excluding hydrogens is 330 g/mol. The summed E-state index contributed by atoms with van der Waals surface area (Å²) < 4.78 is 10.0. The van der Waals surface area contributed by atoms with Crippen molar-refractivity contribution in [1.29, 1.82) is 0 Å². The highest BCUT2D eigenvalue weighted by atomic mass is 16.6.